The first-order chi connectivity index (χ1) is 9.58. The molecular weight excluding hydrogens is 303 g/mol. The van der Waals surface area contributed by atoms with E-state index in [1.54, 1.807) is 0 Å². The monoisotopic (exact) mass is 318 g/mol. The van der Waals surface area contributed by atoms with Crippen molar-refractivity contribution in [1.29, 1.82) is 0 Å². The van der Waals surface area contributed by atoms with Gasteiger partial charge in [-0.25, -0.2) is 4.98 Å². The third-order valence-corrected chi connectivity index (χ3v) is 4.36. The minimum absolute atomic E-state index is 0.0102. The van der Waals surface area contributed by atoms with Gasteiger partial charge >= 0.3 is 0 Å². The maximum absolute atomic E-state index is 11.9. The van der Waals surface area contributed by atoms with E-state index in [9.17, 15) is 4.79 Å². The summed E-state index contributed by atoms with van der Waals surface area (Å²) in [5, 5.41) is 0.106. The summed E-state index contributed by atoms with van der Waals surface area (Å²) in [5.41, 5.74) is -0.492. The second-order valence-corrected chi connectivity index (χ2v) is 6.17. The fourth-order valence-corrected chi connectivity index (χ4v) is 3.42. The summed E-state index contributed by atoms with van der Waals surface area (Å²) in [4.78, 5) is 15.6. The van der Waals surface area contributed by atoms with Crippen molar-refractivity contribution >= 4 is 23.2 Å². The topological polar surface area (TPSA) is 53.4 Å². The zero-order chi connectivity index (χ0) is 14.2. The van der Waals surface area contributed by atoms with Gasteiger partial charge in [-0.3, -0.25) is 4.79 Å². The van der Waals surface area contributed by atoms with Crippen LogP contribution in [0.2, 0.25) is 10.3 Å². The zero-order valence-electron chi connectivity index (χ0n) is 11.0. The lowest BCUT2D eigenvalue weighted by Crippen LogP contribution is -2.39. The molecule has 110 valence electrons. The smallest absolute Gasteiger partial charge is 0.288 e. The number of rotatable bonds is 2. The summed E-state index contributed by atoms with van der Waals surface area (Å²) in [6, 6.07) is 0. The van der Waals surface area contributed by atoms with E-state index in [4.69, 9.17) is 32.7 Å². The van der Waals surface area contributed by atoms with Crippen molar-refractivity contribution in [3.8, 4) is 0 Å². The van der Waals surface area contributed by atoms with Crippen molar-refractivity contribution in [2.24, 2.45) is 0 Å². The maximum Gasteiger partial charge on any atom is 0.288 e. The van der Waals surface area contributed by atoms with E-state index in [0.717, 1.165) is 32.3 Å². The third kappa shape index (κ3) is 2.86. The Hall–Kier alpha value is -0.620. The van der Waals surface area contributed by atoms with Crippen LogP contribution in [0, 0.1) is 0 Å². The number of halogens is 2. The average molecular weight is 319 g/mol. The minimum atomic E-state index is -0.333. The molecule has 0 N–H and O–H groups in total. The molecule has 0 bridgehead atoms. The van der Waals surface area contributed by atoms with Crippen LogP contribution in [-0.2, 0) is 16.0 Å². The molecule has 0 saturated carbocycles. The molecule has 5 nitrogen and oxygen atoms in total. The van der Waals surface area contributed by atoms with Crippen LogP contribution in [0.15, 0.2) is 11.0 Å². The maximum atomic E-state index is 11.9. The van der Waals surface area contributed by atoms with Gasteiger partial charge in [-0.1, -0.05) is 23.2 Å². The molecule has 2 atom stereocenters. The molecular formula is C13H16Cl2N2O3. The van der Waals surface area contributed by atoms with Gasteiger partial charge in [-0.05, 0) is 25.7 Å². The van der Waals surface area contributed by atoms with Crippen LogP contribution in [-0.4, -0.2) is 34.5 Å². The second kappa shape index (κ2) is 5.64. The predicted octanol–water partition coefficient (Wildman–Crippen LogP) is 2.28. The Morgan fingerprint density at radius 1 is 1.45 bits per heavy atom. The molecule has 2 aliphatic rings. The Labute approximate surface area is 126 Å². The Morgan fingerprint density at radius 3 is 3.05 bits per heavy atom. The molecule has 2 saturated heterocycles. The molecule has 2 aliphatic heterocycles. The van der Waals surface area contributed by atoms with Crippen LogP contribution in [0.25, 0.3) is 0 Å². The Balaban J connectivity index is 1.72. The highest BCUT2D eigenvalue weighted by atomic mass is 35.5. The van der Waals surface area contributed by atoms with Crippen molar-refractivity contribution in [3.63, 3.8) is 0 Å². The zero-order valence-corrected chi connectivity index (χ0v) is 12.5. The standard InChI is InChI=1S/C13H16Cl2N2O3/c14-10-7-17(12(18)11(15)16-10)6-9-2-4-13(20-9)3-1-5-19-8-13/h7,9H,1-6,8H2. The molecule has 1 aromatic rings. The summed E-state index contributed by atoms with van der Waals surface area (Å²) in [6.07, 6.45) is 5.42. The Morgan fingerprint density at radius 2 is 2.30 bits per heavy atom. The lowest BCUT2D eigenvalue weighted by Gasteiger charge is -2.33. The largest absolute Gasteiger partial charge is 0.378 e. The van der Waals surface area contributed by atoms with Crippen molar-refractivity contribution in [2.75, 3.05) is 13.2 Å². The molecule has 2 fully saturated rings. The second-order valence-electron chi connectivity index (χ2n) is 5.43. The molecule has 2 unspecified atom stereocenters. The summed E-state index contributed by atoms with van der Waals surface area (Å²) >= 11 is 11.6. The van der Waals surface area contributed by atoms with Gasteiger partial charge in [-0.15, -0.1) is 0 Å². The fraction of sp³-hybridized carbons (Fsp3) is 0.692. The molecule has 3 heterocycles. The van der Waals surface area contributed by atoms with E-state index >= 15 is 0 Å². The quantitative estimate of drug-likeness (QED) is 0.839. The predicted molar refractivity (Wildman–Crippen MR) is 75.4 cm³/mol. The number of hydrogen-bond acceptors (Lipinski definition) is 4. The summed E-state index contributed by atoms with van der Waals surface area (Å²) in [7, 11) is 0. The van der Waals surface area contributed by atoms with E-state index in [2.05, 4.69) is 4.98 Å². The first-order valence-corrected chi connectivity index (χ1v) is 7.52. The molecule has 0 aromatic carbocycles. The molecule has 0 aliphatic carbocycles. The van der Waals surface area contributed by atoms with Gasteiger partial charge in [0, 0.05) is 12.8 Å². The highest BCUT2D eigenvalue weighted by Gasteiger charge is 2.41. The molecule has 7 heteroatoms. The SMILES string of the molecule is O=c1c(Cl)nc(Cl)cn1CC1CCC2(CCCOC2)O1. The molecule has 0 amide bonds. The van der Waals surface area contributed by atoms with Gasteiger partial charge in [0.15, 0.2) is 5.15 Å². The van der Waals surface area contributed by atoms with E-state index in [1.807, 2.05) is 0 Å². The van der Waals surface area contributed by atoms with Gasteiger partial charge in [0.2, 0.25) is 0 Å². The van der Waals surface area contributed by atoms with Crippen molar-refractivity contribution < 1.29 is 9.47 Å². The Kier molecular flexibility index (Phi) is 4.04. The van der Waals surface area contributed by atoms with Gasteiger partial charge in [0.25, 0.3) is 5.56 Å². The minimum Gasteiger partial charge on any atom is -0.378 e. The molecule has 1 aromatic heterocycles. The Bertz CT molecular complexity index is 555. The van der Waals surface area contributed by atoms with E-state index < -0.39 is 0 Å². The van der Waals surface area contributed by atoms with Crippen LogP contribution in [0.3, 0.4) is 0 Å². The number of hydrogen-bond donors (Lipinski definition) is 0. The summed E-state index contributed by atoms with van der Waals surface area (Å²) < 4.78 is 13.1. The van der Waals surface area contributed by atoms with E-state index in [0.29, 0.717) is 13.2 Å². The normalized spacial score (nSPS) is 30.0. The van der Waals surface area contributed by atoms with Gasteiger partial charge in [-0.2, -0.15) is 0 Å². The van der Waals surface area contributed by atoms with Crippen LogP contribution in [0.4, 0.5) is 0 Å². The van der Waals surface area contributed by atoms with Crippen LogP contribution in [0.1, 0.15) is 25.7 Å². The molecule has 3 rings (SSSR count). The lowest BCUT2D eigenvalue weighted by atomic mass is 9.93. The number of nitrogens with zero attached hydrogens (tertiary/aromatic N) is 2. The van der Waals surface area contributed by atoms with E-state index in [1.165, 1.54) is 10.8 Å². The first-order valence-electron chi connectivity index (χ1n) is 6.76. The van der Waals surface area contributed by atoms with E-state index in [-0.39, 0.29) is 27.6 Å². The molecule has 1 spiro atoms. The average Bonchev–Trinajstić information content (AvgIpc) is 2.79. The summed E-state index contributed by atoms with van der Waals surface area (Å²) in [6.45, 7) is 1.91. The molecule has 0 radical (unpaired) electrons. The van der Waals surface area contributed by atoms with Gasteiger partial charge in [0.1, 0.15) is 5.15 Å². The van der Waals surface area contributed by atoms with Crippen molar-refractivity contribution in [1.82, 2.24) is 9.55 Å². The summed E-state index contributed by atoms with van der Waals surface area (Å²) in [5.74, 6) is 0. The molecule has 20 heavy (non-hydrogen) atoms. The van der Waals surface area contributed by atoms with Crippen molar-refractivity contribution in [3.05, 3.63) is 26.9 Å². The number of aromatic nitrogens is 2. The van der Waals surface area contributed by atoms with Crippen LogP contribution < -0.4 is 5.56 Å². The highest BCUT2D eigenvalue weighted by Crippen LogP contribution is 2.37. The highest BCUT2D eigenvalue weighted by molar-refractivity contribution is 6.32. The van der Waals surface area contributed by atoms with Crippen LogP contribution >= 0.6 is 23.2 Å². The first kappa shape index (κ1) is 14.3. The number of ether oxygens (including phenoxy) is 2. The lowest BCUT2D eigenvalue weighted by molar-refractivity contribution is -0.123. The van der Waals surface area contributed by atoms with Gasteiger partial charge in [0.05, 0.1) is 24.9 Å². The fourth-order valence-electron chi connectivity index (χ4n) is 2.97. The van der Waals surface area contributed by atoms with Crippen LogP contribution in [0.5, 0.6) is 0 Å². The van der Waals surface area contributed by atoms with Gasteiger partial charge < -0.3 is 14.0 Å². The third-order valence-electron chi connectivity index (χ3n) is 3.93. The van der Waals surface area contributed by atoms with Crippen molar-refractivity contribution in [2.45, 2.75) is 43.9 Å².